The Morgan fingerprint density at radius 1 is 1.28 bits per heavy atom. The van der Waals surface area contributed by atoms with Crippen LogP contribution in [0.5, 0.6) is 0 Å². The van der Waals surface area contributed by atoms with E-state index < -0.39 is 19.0 Å². The van der Waals surface area contributed by atoms with Crippen molar-refractivity contribution in [1.82, 2.24) is 10.2 Å². The van der Waals surface area contributed by atoms with Gasteiger partial charge in [0.2, 0.25) is 11.8 Å². The van der Waals surface area contributed by atoms with Crippen molar-refractivity contribution in [2.75, 3.05) is 13.1 Å². The Hall–Kier alpha value is -2.12. The fourth-order valence-corrected chi connectivity index (χ4v) is 2.60. The van der Waals surface area contributed by atoms with Crippen LogP contribution in [-0.2, 0) is 16.0 Å². The standard InChI is InChI=1S/C18H27BN2O4/c1-6-18(23)21(7-2)11-17(22)20-16(19(24)25)10-15-9-8-12(3)13(4)14(15)5/h6,8-9,16,24-25H,1,7,10-11H2,2-5H3,(H,20,22). The van der Waals surface area contributed by atoms with Crippen LogP contribution in [0.1, 0.15) is 29.2 Å². The lowest BCUT2D eigenvalue weighted by molar-refractivity contribution is -0.132. The van der Waals surface area contributed by atoms with Crippen molar-refractivity contribution in [3.05, 3.63) is 47.0 Å². The van der Waals surface area contributed by atoms with Crippen LogP contribution in [0, 0.1) is 20.8 Å². The Bertz CT molecular complexity index is 646. The van der Waals surface area contributed by atoms with Crippen molar-refractivity contribution in [1.29, 1.82) is 0 Å². The highest BCUT2D eigenvalue weighted by Crippen LogP contribution is 2.18. The number of nitrogens with zero attached hydrogens (tertiary/aromatic N) is 1. The summed E-state index contributed by atoms with van der Waals surface area (Å²) in [6.07, 6.45) is 1.44. The van der Waals surface area contributed by atoms with Crippen molar-refractivity contribution in [2.45, 2.75) is 40.1 Å². The lowest BCUT2D eigenvalue weighted by atomic mass is 9.75. The minimum atomic E-state index is -1.70. The minimum Gasteiger partial charge on any atom is -0.426 e. The lowest BCUT2D eigenvalue weighted by Gasteiger charge is -2.23. The average molecular weight is 346 g/mol. The molecule has 6 nitrogen and oxygen atoms in total. The molecular weight excluding hydrogens is 319 g/mol. The molecule has 0 heterocycles. The Morgan fingerprint density at radius 3 is 2.44 bits per heavy atom. The van der Waals surface area contributed by atoms with E-state index in [4.69, 9.17) is 0 Å². The smallest absolute Gasteiger partial charge is 0.426 e. The lowest BCUT2D eigenvalue weighted by Crippen LogP contribution is -2.51. The molecule has 0 saturated heterocycles. The second-order valence-corrected chi connectivity index (χ2v) is 6.14. The van der Waals surface area contributed by atoms with Crippen LogP contribution >= 0.6 is 0 Å². The molecule has 25 heavy (non-hydrogen) atoms. The van der Waals surface area contributed by atoms with E-state index in [1.807, 2.05) is 32.9 Å². The molecule has 0 saturated carbocycles. The van der Waals surface area contributed by atoms with E-state index in [9.17, 15) is 19.6 Å². The second kappa shape index (κ2) is 9.39. The number of carbonyl (C=O) groups excluding carboxylic acids is 2. The Morgan fingerprint density at radius 2 is 1.92 bits per heavy atom. The highest BCUT2D eigenvalue weighted by Gasteiger charge is 2.27. The number of nitrogens with one attached hydrogen (secondary N) is 1. The first kappa shape index (κ1) is 20.9. The van der Waals surface area contributed by atoms with E-state index in [2.05, 4.69) is 11.9 Å². The first-order valence-corrected chi connectivity index (χ1v) is 8.33. The molecule has 0 spiro atoms. The van der Waals surface area contributed by atoms with Crippen LogP contribution in [0.15, 0.2) is 24.8 Å². The van der Waals surface area contributed by atoms with Gasteiger partial charge in [0.1, 0.15) is 0 Å². The third kappa shape index (κ3) is 5.72. The van der Waals surface area contributed by atoms with Crippen LogP contribution in [0.25, 0.3) is 0 Å². The molecule has 2 amide bonds. The van der Waals surface area contributed by atoms with Crippen molar-refractivity contribution in [2.24, 2.45) is 0 Å². The van der Waals surface area contributed by atoms with E-state index in [1.54, 1.807) is 6.92 Å². The van der Waals surface area contributed by atoms with E-state index in [0.717, 1.165) is 28.3 Å². The SMILES string of the molecule is C=CC(=O)N(CC)CC(=O)NC(Cc1ccc(C)c(C)c1C)B(O)O. The minimum absolute atomic E-state index is 0.156. The van der Waals surface area contributed by atoms with E-state index >= 15 is 0 Å². The molecule has 1 aromatic carbocycles. The van der Waals surface area contributed by atoms with Gasteiger partial charge in [-0.3, -0.25) is 9.59 Å². The Labute approximate surface area is 149 Å². The molecule has 7 heteroatoms. The van der Waals surface area contributed by atoms with Crippen LogP contribution in [0.2, 0.25) is 0 Å². The highest BCUT2D eigenvalue weighted by atomic mass is 16.4. The number of likely N-dealkylation sites (N-methyl/N-ethyl adjacent to an activating group) is 1. The molecule has 0 radical (unpaired) electrons. The quantitative estimate of drug-likeness (QED) is 0.477. The first-order chi connectivity index (χ1) is 11.7. The van der Waals surface area contributed by atoms with Gasteiger partial charge in [-0.1, -0.05) is 18.7 Å². The fourth-order valence-electron chi connectivity index (χ4n) is 2.60. The molecular formula is C18H27BN2O4. The molecule has 0 aliphatic carbocycles. The summed E-state index contributed by atoms with van der Waals surface area (Å²) >= 11 is 0. The van der Waals surface area contributed by atoms with Gasteiger partial charge in [0.25, 0.3) is 0 Å². The zero-order chi connectivity index (χ0) is 19.1. The molecule has 0 fully saturated rings. The molecule has 0 aromatic heterocycles. The van der Waals surface area contributed by atoms with Gasteiger partial charge in [-0.05, 0) is 62.4 Å². The first-order valence-electron chi connectivity index (χ1n) is 8.33. The summed E-state index contributed by atoms with van der Waals surface area (Å²) in [5, 5.41) is 21.9. The maximum absolute atomic E-state index is 12.2. The predicted molar refractivity (Wildman–Crippen MR) is 98.9 cm³/mol. The zero-order valence-corrected chi connectivity index (χ0v) is 15.4. The average Bonchev–Trinajstić information content (AvgIpc) is 2.58. The normalized spacial score (nSPS) is 11.6. The van der Waals surface area contributed by atoms with Gasteiger partial charge in [-0.2, -0.15) is 0 Å². The summed E-state index contributed by atoms with van der Waals surface area (Å²) in [6.45, 7) is 11.4. The number of benzene rings is 1. The third-order valence-corrected chi connectivity index (χ3v) is 4.52. The molecule has 1 aromatic rings. The van der Waals surface area contributed by atoms with Crippen molar-refractivity contribution >= 4 is 18.9 Å². The van der Waals surface area contributed by atoms with Gasteiger partial charge in [0, 0.05) is 6.54 Å². The maximum Gasteiger partial charge on any atom is 0.475 e. The van der Waals surface area contributed by atoms with Crippen LogP contribution in [0.4, 0.5) is 0 Å². The number of amides is 2. The van der Waals surface area contributed by atoms with Crippen LogP contribution in [-0.4, -0.2) is 52.9 Å². The number of aryl methyl sites for hydroxylation is 1. The summed E-state index contributed by atoms with van der Waals surface area (Å²) in [4.78, 5) is 25.1. The Balaban J connectivity index is 2.84. The molecule has 0 aliphatic rings. The van der Waals surface area contributed by atoms with E-state index in [1.165, 1.54) is 4.90 Å². The van der Waals surface area contributed by atoms with Crippen molar-refractivity contribution < 1.29 is 19.6 Å². The molecule has 0 aliphatic heterocycles. The summed E-state index contributed by atoms with van der Waals surface area (Å²) in [5.74, 6) is -1.65. The maximum atomic E-state index is 12.2. The predicted octanol–water partition coefficient (Wildman–Crippen LogP) is 0.686. The summed E-state index contributed by atoms with van der Waals surface area (Å²) in [7, 11) is -1.70. The van der Waals surface area contributed by atoms with Crippen LogP contribution < -0.4 is 5.32 Å². The van der Waals surface area contributed by atoms with Gasteiger partial charge in [0.05, 0.1) is 12.5 Å². The topological polar surface area (TPSA) is 89.9 Å². The van der Waals surface area contributed by atoms with Crippen LogP contribution in [0.3, 0.4) is 0 Å². The second-order valence-electron chi connectivity index (χ2n) is 6.14. The Kier molecular flexibility index (Phi) is 7.86. The molecule has 1 atom stereocenters. The van der Waals surface area contributed by atoms with Crippen molar-refractivity contribution in [3.63, 3.8) is 0 Å². The van der Waals surface area contributed by atoms with Crippen molar-refractivity contribution in [3.8, 4) is 0 Å². The zero-order valence-electron chi connectivity index (χ0n) is 15.4. The molecule has 136 valence electrons. The monoisotopic (exact) mass is 346 g/mol. The van der Waals surface area contributed by atoms with Gasteiger partial charge in [0.15, 0.2) is 0 Å². The number of rotatable bonds is 8. The van der Waals surface area contributed by atoms with E-state index in [0.29, 0.717) is 6.54 Å². The fraction of sp³-hybridized carbons (Fsp3) is 0.444. The van der Waals surface area contributed by atoms with Gasteiger partial charge in [-0.25, -0.2) is 0 Å². The molecule has 0 bridgehead atoms. The van der Waals surface area contributed by atoms with Gasteiger partial charge >= 0.3 is 7.12 Å². The molecule has 3 N–H and O–H groups in total. The summed E-state index contributed by atoms with van der Waals surface area (Å²) < 4.78 is 0. The third-order valence-electron chi connectivity index (χ3n) is 4.52. The van der Waals surface area contributed by atoms with Gasteiger partial charge < -0.3 is 20.3 Å². The number of carbonyl (C=O) groups is 2. The summed E-state index contributed by atoms with van der Waals surface area (Å²) in [6, 6.07) is 3.90. The number of hydrogen-bond acceptors (Lipinski definition) is 4. The largest absolute Gasteiger partial charge is 0.475 e. The van der Waals surface area contributed by atoms with Gasteiger partial charge in [-0.15, -0.1) is 0 Å². The molecule has 1 rings (SSSR count). The van der Waals surface area contributed by atoms with E-state index in [-0.39, 0.29) is 18.9 Å². The summed E-state index contributed by atoms with van der Waals surface area (Å²) in [5.41, 5.74) is 4.31. The number of hydrogen-bond donors (Lipinski definition) is 3. The highest BCUT2D eigenvalue weighted by molar-refractivity contribution is 6.43. The molecule has 1 unspecified atom stereocenters.